The van der Waals surface area contributed by atoms with Gasteiger partial charge in [0.1, 0.15) is 0 Å². The lowest BCUT2D eigenvalue weighted by molar-refractivity contribution is 0.372. The quantitative estimate of drug-likeness (QED) is 0.840. The third-order valence-corrected chi connectivity index (χ3v) is 3.79. The van der Waals surface area contributed by atoms with Crippen LogP contribution in [0.5, 0.6) is 0 Å². The van der Waals surface area contributed by atoms with Crippen molar-refractivity contribution in [1.29, 1.82) is 0 Å². The molecule has 0 aromatic heterocycles. The normalized spacial score (nSPS) is 14.4. The topological polar surface area (TPSA) is 32.5 Å². The molecular weight excluding hydrogens is 270 g/mol. The van der Waals surface area contributed by atoms with Gasteiger partial charge in [0, 0.05) is 35.9 Å². The molecule has 0 aliphatic rings. The molecule has 0 aliphatic carbocycles. The lowest BCUT2D eigenvalue weighted by Crippen LogP contribution is -2.40. The summed E-state index contributed by atoms with van der Waals surface area (Å²) < 4.78 is 0. The van der Waals surface area contributed by atoms with Crippen LogP contribution in [0.3, 0.4) is 0 Å². The molecule has 20 heavy (non-hydrogen) atoms. The van der Waals surface area contributed by atoms with Gasteiger partial charge in [0.25, 0.3) is 0 Å². The van der Waals surface area contributed by atoms with Crippen LogP contribution in [0, 0.1) is 0 Å². The predicted octanol–water partition coefficient (Wildman–Crippen LogP) is 3.01. The Morgan fingerprint density at radius 3 is 2.40 bits per heavy atom. The number of hydrogen-bond donors (Lipinski definition) is 1. The van der Waals surface area contributed by atoms with Gasteiger partial charge in [-0.05, 0) is 59.0 Å². The van der Waals surface area contributed by atoms with Crippen molar-refractivity contribution in [1.82, 2.24) is 4.90 Å². The molecule has 2 N–H and O–H groups in total. The van der Waals surface area contributed by atoms with Gasteiger partial charge in [-0.2, -0.15) is 0 Å². The number of likely N-dealkylation sites (N-methyl/N-ethyl adjacent to an activating group) is 2. The van der Waals surface area contributed by atoms with Crippen molar-refractivity contribution in [2.24, 2.45) is 5.73 Å². The number of halogens is 1. The molecule has 0 amide bonds. The number of nitrogens with two attached hydrogens (primary N) is 1. The zero-order valence-corrected chi connectivity index (χ0v) is 14.1. The summed E-state index contributed by atoms with van der Waals surface area (Å²) in [5.74, 6) is 0. The van der Waals surface area contributed by atoms with Crippen molar-refractivity contribution in [3.05, 3.63) is 28.8 Å². The fraction of sp³-hybridized carbons (Fsp3) is 0.625. The van der Waals surface area contributed by atoms with Crippen LogP contribution in [-0.2, 0) is 6.42 Å². The molecule has 0 fully saturated rings. The number of nitrogens with zero attached hydrogens (tertiary/aromatic N) is 2. The van der Waals surface area contributed by atoms with Crippen LogP contribution in [-0.4, -0.2) is 44.2 Å². The van der Waals surface area contributed by atoms with Crippen LogP contribution < -0.4 is 10.6 Å². The Bertz CT molecular complexity index is 418. The van der Waals surface area contributed by atoms with Crippen molar-refractivity contribution >= 4 is 17.3 Å². The first kappa shape index (κ1) is 17.3. The van der Waals surface area contributed by atoms with E-state index in [9.17, 15) is 0 Å². The van der Waals surface area contributed by atoms with Gasteiger partial charge < -0.3 is 15.5 Å². The Labute approximate surface area is 128 Å². The van der Waals surface area contributed by atoms with E-state index in [1.807, 2.05) is 19.1 Å². The van der Waals surface area contributed by atoms with Crippen molar-refractivity contribution < 1.29 is 0 Å². The Morgan fingerprint density at radius 2 is 1.90 bits per heavy atom. The average Bonchev–Trinajstić information content (AvgIpc) is 2.32. The van der Waals surface area contributed by atoms with Crippen molar-refractivity contribution in [3.8, 4) is 0 Å². The summed E-state index contributed by atoms with van der Waals surface area (Å²) in [5.41, 5.74) is 8.35. The summed E-state index contributed by atoms with van der Waals surface area (Å²) in [6.07, 6.45) is 0.806. The second kappa shape index (κ2) is 7.87. The van der Waals surface area contributed by atoms with Gasteiger partial charge in [0.15, 0.2) is 0 Å². The third-order valence-electron chi connectivity index (χ3n) is 3.43. The summed E-state index contributed by atoms with van der Waals surface area (Å²) in [6.45, 7) is 8.43. The summed E-state index contributed by atoms with van der Waals surface area (Å²) in [4.78, 5) is 4.62. The van der Waals surface area contributed by atoms with E-state index >= 15 is 0 Å². The molecule has 0 radical (unpaired) electrons. The molecule has 1 rings (SSSR count). The Morgan fingerprint density at radius 1 is 1.25 bits per heavy atom. The molecule has 0 saturated carbocycles. The Kier molecular flexibility index (Phi) is 6.80. The van der Waals surface area contributed by atoms with E-state index in [0.29, 0.717) is 6.04 Å². The molecular formula is C16H28ClN3. The number of benzene rings is 1. The maximum Gasteiger partial charge on any atom is 0.0459 e. The molecule has 1 aromatic rings. The minimum absolute atomic E-state index is 0.108. The van der Waals surface area contributed by atoms with Gasteiger partial charge in [0.2, 0.25) is 0 Å². The lowest BCUT2D eigenvalue weighted by atomic mass is 10.0. The van der Waals surface area contributed by atoms with E-state index in [2.05, 4.69) is 43.8 Å². The van der Waals surface area contributed by atoms with Gasteiger partial charge >= 0.3 is 0 Å². The van der Waals surface area contributed by atoms with Crippen molar-refractivity contribution in [3.63, 3.8) is 0 Å². The fourth-order valence-electron chi connectivity index (χ4n) is 2.69. The van der Waals surface area contributed by atoms with Crippen LogP contribution in [0.15, 0.2) is 18.2 Å². The smallest absolute Gasteiger partial charge is 0.0459 e. The summed E-state index contributed by atoms with van der Waals surface area (Å²) >= 11 is 6.39. The summed E-state index contributed by atoms with van der Waals surface area (Å²) in [6, 6.07) is 6.66. The first-order valence-corrected chi connectivity index (χ1v) is 7.68. The van der Waals surface area contributed by atoms with E-state index in [1.54, 1.807) is 0 Å². The van der Waals surface area contributed by atoms with Gasteiger partial charge in [-0.1, -0.05) is 17.7 Å². The molecule has 114 valence electrons. The summed E-state index contributed by atoms with van der Waals surface area (Å²) in [7, 11) is 4.20. The maximum atomic E-state index is 6.39. The molecule has 0 bridgehead atoms. The zero-order valence-electron chi connectivity index (χ0n) is 13.4. The van der Waals surface area contributed by atoms with Gasteiger partial charge in [-0.15, -0.1) is 0 Å². The standard InChI is InChI=1S/C16H28ClN3/c1-6-20(13(3)11-19(4)5)16-9-7-8-15(17)14(16)10-12(2)18/h7-9,12-13H,6,10-11,18H2,1-5H3. The Hall–Kier alpha value is -0.770. The Balaban J connectivity index is 3.11. The number of hydrogen-bond acceptors (Lipinski definition) is 3. The minimum atomic E-state index is 0.108. The highest BCUT2D eigenvalue weighted by Crippen LogP contribution is 2.30. The molecule has 1 aromatic carbocycles. The third kappa shape index (κ3) is 4.65. The fourth-order valence-corrected chi connectivity index (χ4v) is 2.93. The van der Waals surface area contributed by atoms with Gasteiger partial charge in [-0.25, -0.2) is 0 Å². The van der Waals surface area contributed by atoms with Crippen molar-refractivity contribution in [2.45, 2.75) is 39.3 Å². The molecule has 2 atom stereocenters. The molecule has 0 aliphatic heterocycles. The first-order valence-electron chi connectivity index (χ1n) is 7.31. The van der Waals surface area contributed by atoms with E-state index in [0.717, 1.165) is 30.1 Å². The van der Waals surface area contributed by atoms with E-state index in [1.165, 1.54) is 5.69 Å². The second-order valence-corrected chi connectivity index (χ2v) is 6.22. The highest BCUT2D eigenvalue weighted by Gasteiger charge is 2.18. The van der Waals surface area contributed by atoms with Crippen molar-refractivity contribution in [2.75, 3.05) is 32.1 Å². The highest BCUT2D eigenvalue weighted by molar-refractivity contribution is 6.31. The number of rotatable bonds is 7. The van der Waals surface area contributed by atoms with E-state index < -0.39 is 0 Å². The van der Waals surface area contributed by atoms with Gasteiger partial charge in [-0.3, -0.25) is 0 Å². The maximum absolute atomic E-state index is 6.39. The second-order valence-electron chi connectivity index (χ2n) is 5.82. The SMILES string of the molecule is CCN(c1cccc(Cl)c1CC(C)N)C(C)CN(C)C. The highest BCUT2D eigenvalue weighted by atomic mass is 35.5. The van der Waals surface area contributed by atoms with Crippen LogP contribution >= 0.6 is 11.6 Å². The van der Waals surface area contributed by atoms with Crippen LogP contribution in [0.25, 0.3) is 0 Å². The first-order chi connectivity index (χ1) is 9.36. The van der Waals surface area contributed by atoms with E-state index in [-0.39, 0.29) is 6.04 Å². The molecule has 3 nitrogen and oxygen atoms in total. The minimum Gasteiger partial charge on any atom is -0.368 e. The van der Waals surface area contributed by atoms with Crippen LogP contribution in [0.1, 0.15) is 26.3 Å². The predicted molar refractivity (Wildman–Crippen MR) is 89.8 cm³/mol. The van der Waals surface area contributed by atoms with E-state index in [4.69, 9.17) is 17.3 Å². The molecule has 0 heterocycles. The average molecular weight is 298 g/mol. The van der Waals surface area contributed by atoms with Crippen LogP contribution in [0.2, 0.25) is 5.02 Å². The largest absolute Gasteiger partial charge is 0.368 e. The van der Waals surface area contributed by atoms with Crippen LogP contribution in [0.4, 0.5) is 5.69 Å². The zero-order chi connectivity index (χ0) is 15.3. The lowest BCUT2D eigenvalue weighted by Gasteiger charge is -2.34. The molecule has 0 spiro atoms. The molecule has 0 saturated heterocycles. The van der Waals surface area contributed by atoms with Gasteiger partial charge in [0.05, 0.1) is 0 Å². The summed E-state index contributed by atoms with van der Waals surface area (Å²) in [5, 5.41) is 0.815. The molecule has 2 unspecified atom stereocenters. The number of anilines is 1. The monoisotopic (exact) mass is 297 g/mol. The molecule has 4 heteroatoms.